The monoisotopic (exact) mass is 278 g/mol. The number of hydrogen-bond donors (Lipinski definition) is 0. The van der Waals surface area contributed by atoms with E-state index in [2.05, 4.69) is 0 Å². The van der Waals surface area contributed by atoms with E-state index in [1.54, 1.807) is 12.1 Å². The second kappa shape index (κ2) is 5.54. The van der Waals surface area contributed by atoms with Gasteiger partial charge in [0.25, 0.3) is 0 Å². The number of halogens is 1. The SMILES string of the molecule is O=C(COc1cccc(Cl)c1)CC1CC2CCC1C2. The second-order valence-corrected chi connectivity index (χ2v) is 6.36. The topological polar surface area (TPSA) is 26.3 Å². The van der Waals surface area contributed by atoms with Gasteiger partial charge in [-0.3, -0.25) is 4.79 Å². The Morgan fingerprint density at radius 2 is 2.21 bits per heavy atom. The predicted octanol–water partition coefficient (Wildman–Crippen LogP) is 4.11. The molecule has 2 bridgehead atoms. The summed E-state index contributed by atoms with van der Waals surface area (Å²) in [6, 6.07) is 7.20. The van der Waals surface area contributed by atoms with Crippen LogP contribution in [0.5, 0.6) is 5.75 Å². The molecule has 19 heavy (non-hydrogen) atoms. The lowest BCUT2D eigenvalue weighted by atomic mass is 9.85. The summed E-state index contributed by atoms with van der Waals surface area (Å²) in [6.45, 7) is 0.175. The maximum atomic E-state index is 12.0. The molecule has 2 aliphatic carbocycles. The smallest absolute Gasteiger partial charge is 0.170 e. The number of carbonyl (C=O) groups excluding carboxylic acids is 1. The molecule has 3 atom stereocenters. The second-order valence-electron chi connectivity index (χ2n) is 5.92. The number of fused-ring (bicyclic) bond motifs is 2. The lowest BCUT2D eigenvalue weighted by Gasteiger charge is -2.20. The van der Waals surface area contributed by atoms with Gasteiger partial charge in [0.05, 0.1) is 0 Å². The molecule has 2 saturated carbocycles. The lowest BCUT2D eigenvalue weighted by molar-refractivity contribution is -0.122. The van der Waals surface area contributed by atoms with Crippen molar-refractivity contribution in [2.24, 2.45) is 17.8 Å². The van der Waals surface area contributed by atoms with Gasteiger partial charge in [0.15, 0.2) is 5.78 Å². The van der Waals surface area contributed by atoms with Crippen LogP contribution in [-0.2, 0) is 4.79 Å². The van der Waals surface area contributed by atoms with Crippen LogP contribution in [0, 0.1) is 17.8 Å². The third kappa shape index (κ3) is 3.11. The summed E-state index contributed by atoms with van der Waals surface area (Å²) in [5, 5.41) is 0.637. The van der Waals surface area contributed by atoms with Gasteiger partial charge in [-0.25, -0.2) is 0 Å². The van der Waals surface area contributed by atoms with Gasteiger partial charge >= 0.3 is 0 Å². The van der Waals surface area contributed by atoms with Crippen molar-refractivity contribution < 1.29 is 9.53 Å². The molecule has 0 spiro atoms. The fourth-order valence-electron chi connectivity index (χ4n) is 3.70. The maximum Gasteiger partial charge on any atom is 0.170 e. The lowest BCUT2D eigenvalue weighted by Crippen LogP contribution is -2.19. The minimum atomic E-state index is 0.175. The quantitative estimate of drug-likeness (QED) is 0.810. The average Bonchev–Trinajstić information content (AvgIpc) is 2.99. The van der Waals surface area contributed by atoms with Crippen molar-refractivity contribution in [1.29, 1.82) is 0 Å². The number of carbonyl (C=O) groups is 1. The molecule has 3 unspecified atom stereocenters. The van der Waals surface area contributed by atoms with Gasteiger partial charge in [-0.2, -0.15) is 0 Å². The van der Waals surface area contributed by atoms with Crippen molar-refractivity contribution in [1.82, 2.24) is 0 Å². The summed E-state index contributed by atoms with van der Waals surface area (Å²) in [6.07, 6.45) is 6.02. The molecule has 2 nitrogen and oxygen atoms in total. The van der Waals surface area contributed by atoms with Crippen molar-refractivity contribution in [2.75, 3.05) is 6.61 Å². The van der Waals surface area contributed by atoms with Crippen LogP contribution in [-0.4, -0.2) is 12.4 Å². The molecule has 3 heteroatoms. The highest BCUT2D eigenvalue weighted by atomic mass is 35.5. The Bertz CT molecular complexity index is 472. The third-order valence-electron chi connectivity index (χ3n) is 4.57. The Balaban J connectivity index is 1.47. The molecular weight excluding hydrogens is 260 g/mol. The molecule has 0 saturated heterocycles. The first-order chi connectivity index (χ1) is 9.20. The molecule has 0 aromatic heterocycles. The van der Waals surface area contributed by atoms with Gasteiger partial charge in [0, 0.05) is 11.4 Å². The van der Waals surface area contributed by atoms with Gasteiger partial charge in [0.2, 0.25) is 0 Å². The summed E-state index contributed by atoms with van der Waals surface area (Å²) >= 11 is 5.88. The molecule has 1 aromatic rings. The van der Waals surface area contributed by atoms with Crippen LogP contribution in [0.3, 0.4) is 0 Å². The predicted molar refractivity (Wildman–Crippen MR) is 75.5 cm³/mol. The largest absolute Gasteiger partial charge is 0.486 e. The van der Waals surface area contributed by atoms with Crippen LogP contribution in [0.4, 0.5) is 0 Å². The van der Waals surface area contributed by atoms with Crippen LogP contribution in [0.2, 0.25) is 5.02 Å². The number of benzene rings is 1. The Kier molecular flexibility index (Phi) is 3.79. The van der Waals surface area contributed by atoms with Gasteiger partial charge in [-0.05, 0) is 55.2 Å². The number of ketones is 1. The van der Waals surface area contributed by atoms with Gasteiger partial charge in [-0.1, -0.05) is 24.1 Å². The molecule has 0 amide bonds. The van der Waals surface area contributed by atoms with Gasteiger partial charge in [0.1, 0.15) is 12.4 Å². The number of hydrogen-bond acceptors (Lipinski definition) is 2. The van der Waals surface area contributed by atoms with Gasteiger partial charge < -0.3 is 4.74 Å². The zero-order valence-electron chi connectivity index (χ0n) is 11.0. The summed E-state index contributed by atoms with van der Waals surface area (Å²) < 4.78 is 5.51. The fraction of sp³-hybridized carbons (Fsp3) is 0.562. The molecule has 102 valence electrons. The molecule has 0 aliphatic heterocycles. The van der Waals surface area contributed by atoms with E-state index in [1.807, 2.05) is 12.1 Å². The van der Waals surface area contributed by atoms with Crippen molar-refractivity contribution in [3.63, 3.8) is 0 Å². The van der Waals surface area contributed by atoms with Crippen LogP contribution in [0.25, 0.3) is 0 Å². The Morgan fingerprint density at radius 1 is 1.32 bits per heavy atom. The van der Waals surface area contributed by atoms with E-state index in [9.17, 15) is 4.79 Å². The molecule has 1 aromatic carbocycles. The molecule has 0 heterocycles. The fourth-order valence-corrected chi connectivity index (χ4v) is 3.88. The van der Waals surface area contributed by atoms with E-state index in [4.69, 9.17) is 16.3 Å². The number of Topliss-reactive ketones (excluding diaryl/α,β-unsaturated/α-hetero) is 1. The number of rotatable bonds is 5. The normalized spacial score (nSPS) is 28.6. The minimum absolute atomic E-state index is 0.175. The highest BCUT2D eigenvalue weighted by Crippen LogP contribution is 2.49. The van der Waals surface area contributed by atoms with Crippen molar-refractivity contribution in [3.8, 4) is 5.75 Å². The first-order valence-electron chi connectivity index (χ1n) is 7.11. The van der Waals surface area contributed by atoms with Crippen LogP contribution < -0.4 is 4.74 Å². The Morgan fingerprint density at radius 3 is 2.89 bits per heavy atom. The zero-order chi connectivity index (χ0) is 13.2. The molecule has 2 aliphatic rings. The third-order valence-corrected chi connectivity index (χ3v) is 4.81. The first kappa shape index (κ1) is 13.0. The van der Waals surface area contributed by atoms with Crippen LogP contribution >= 0.6 is 11.6 Å². The van der Waals surface area contributed by atoms with Crippen molar-refractivity contribution >= 4 is 17.4 Å². The highest BCUT2D eigenvalue weighted by molar-refractivity contribution is 6.30. The van der Waals surface area contributed by atoms with Crippen LogP contribution in [0.15, 0.2) is 24.3 Å². The van der Waals surface area contributed by atoms with E-state index in [0.29, 0.717) is 23.1 Å². The van der Waals surface area contributed by atoms with Crippen molar-refractivity contribution in [2.45, 2.75) is 32.1 Å². The standard InChI is InChI=1S/C16H19ClO2/c17-14-2-1-3-16(9-14)19-10-15(18)8-13-7-11-4-5-12(13)6-11/h1-3,9,11-13H,4-8,10H2. The highest BCUT2D eigenvalue weighted by Gasteiger charge is 2.39. The molecule has 0 N–H and O–H groups in total. The average molecular weight is 279 g/mol. The number of ether oxygens (including phenoxy) is 1. The summed E-state index contributed by atoms with van der Waals surface area (Å²) in [7, 11) is 0. The first-order valence-corrected chi connectivity index (χ1v) is 7.48. The van der Waals surface area contributed by atoms with E-state index in [0.717, 1.165) is 11.8 Å². The molecule has 3 rings (SSSR count). The minimum Gasteiger partial charge on any atom is -0.486 e. The Hall–Kier alpha value is -1.02. The summed E-state index contributed by atoms with van der Waals surface area (Å²) in [5.41, 5.74) is 0. The van der Waals surface area contributed by atoms with E-state index in [1.165, 1.54) is 25.7 Å². The molecule has 0 radical (unpaired) electrons. The van der Waals surface area contributed by atoms with E-state index < -0.39 is 0 Å². The van der Waals surface area contributed by atoms with Crippen LogP contribution in [0.1, 0.15) is 32.1 Å². The summed E-state index contributed by atoms with van der Waals surface area (Å²) in [5.74, 6) is 3.22. The molecular formula is C16H19ClO2. The van der Waals surface area contributed by atoms with Crippen molar-refractivity contribution in [3.05, 3.63) is 29.3 Å². The van der Waals surface area contributed by atoms with Gasteiger partial charge in [-0.15, -0.1) is 0 Å². The maximum absolute atomic E-state index is 12.0. The Labute approximate surface area is 119 Å². The van der Waals surface area contributed by atoms with E-state index in [-0.39, 0.29) is 12.4 Å². The summed E-state index contributed by atoms with van der Waals surface area (Å²) in [4.78, 5) is 12.0. The molecule has 2 fully saturated rings. The van der Waals surface area contributed by atoms with E-state index >= 15 is 0 Å². The zero-order valence-corrected chi connectivity index (χ0v) is 11.7.